The van der Waals surface area contributed by atoms with E-state index >= 15 is 0 Å². The van der Waals surface area contributed by atoms with Crippen molar-refractivity contribution in [1.29, 1.82) is 0 Å². The summed E-state index contributed by atoms with van der Waals surface area (Å²) in [7, 11) is 0. The second-order valence-corrected chi connectivity index (χ2v) is 12.4. The molecule has 0 aliphatic carbocycles. The Morgan fingerprint density at radius 1 is 0.569 bits per heavy atom. The van der Waals surface area contributed by atoms with Crippen LogP contribution in [0.4, 0.5) is 26.3 Å². The highest BCUT2D eigenvalue weighted by Crippen LogP contribution is 2.16. The highest BCUT2D eigenvalue weighted by Gasteiger charge is 2.39. The molecule has 0 saturated carbocycles. The predicted octanol–water partition coefficient (Wildman–Crippen LogP) is 5.90. The molecule has 6 aromatic rings. The molecule has 58 heavy (non-hydrogen) atoms. The van der Waals surface area contributed by atoms with Crippen LogP contribution in [0.5, 0.6) is 0 Å². The number of aromatic nitrogens is 8. The molecule has 0 radical (unpaired) electrons. The van der Waals surface area contributed by atoms with Crippen LogP contribution in [0, 0.1) is 13.8 Å². The average molecular weight is 854 g/mol. The summed E-state index contributed by atoms with van der Waals surface area (Å²) in [6.45, 7) is 4.35. The largest absolute Gasteiger partial charge is 0.471 e. The summed E-state index contributed by atoms with van der Waals surface area (Å²) < 4.78 is 74.6. The second-order valence-electron chi connectivity index (χ2n) is 11.6. The van der Waals surface area contributed by atoms with Crippen LogP contribution in [0.1, 0.15) is 33.6 Å². The SMILES string of the molecule is Cc1ccn(-c2ccc(CN)cn2)n1.Cc1ccn(-c2ccc(CNC(=O)C(F)(F)F)cn2)n1.NCc1ccc(Cl)nc1.O=C(NCc1ccc(Cl)nc1)C(F)(F)F. The van der Waals surface area contributed by atoms with E-state index in [1.54, 1.807) is 62.9 Å². The van der Waals surface area contributed by atoms with E-state index in [1.165, 1.54) is 24.5 Å². The normalized spacial score (nSPS) is 10.8. The molecule has 0 aromatic carbocycles. The Labute approximate surface area is 337 Å². The van der Waals surface area contributed by atoms with Gasteiger partial charge in [-0.2, -0.15) is 36.5 Å². The van der Waals surface area contributed by atoms with Gasteiger partial charge in [0.25, 0.3) is 0 Å². The van der Waals surface area contributed by atoms with E-state index in [4.69, 9.17) is 34.7 Å². The van der Waals surface area contributed by atoms with Crippen molar-refractivity contribution < 1.29 is 35.9 Å². The monoisotopic (exact) mass is 852 g/mol. The van der Waals surface area contributed by atoms with Crippen LogP contribution in [0.3, 0.4) is 0 Å². The van der Waals surface area contributed by atoms with Gasteiger partial charge in [-0.3, -0.25) is 9.59 Å². The van der Waals surface area contributed by atoms with Crippen LogP contribution in [-0.4, -0.2) is 63.7 Å². The lowest BCUT2D eigenvalue weighted by Gasteiger charge is -2.08. The number of alkyl halides is 6. The lowest BCUT2D eigenvalue weighted by atomic mass is 10.3. The van der Waals surface area contributed by atoms with E-state index in [0.29, 0.717) is 35.2 Å². The first-order valence-corrected chi connectivity index (χ1v) is 17.4. The fourth-order valence-corrected chi connectivity index (χ4v) is 4.24. The second kappa shape index (κ2) is 22.1. The van der Waals surface area contributed by atoms with Gasteiger partial charge in [0.1, 0.15) is 10.3 Å². The number of carbonyl (C=O) groups excluding carboxylic acids is 2. The molecular weight excluding hydrogens is 817 g/mol. The first-order chi connectivity index (χ1) is 27.4. The zero-order chi connectivity index (χ0) is 42.9. The number of hydrogen-bond donors (Lipinski definition) is 4. The number of aryl methyl sites for hydroxylation is 2. The average Bonchev–Trinajstić information content (AvgIpc) is 3.85. The third-order valence-corrected chi connectivity index (χ3v) is 7.45. The van der Waals surface area contributed by atoms with E-state index in [-0.39, 0.29) is 18.2 Å². The summed E-state index contributed by atoms with van der Waals surface area (Å²) in [4.78, 5) is 36.9. The lowest BCUT2D eigenvalue weighted by molar-refractivity contribution is -0.173. The molecule has 6 rings (SSSR count). The molecule has 0 spiro atoms. The van der Waals surface area contributed by atoms with Crippen molar-refractivity contribution in [1.82, 2.24) is 50.1 Å². The molecular formula is C36H36Cl2F6N12O2. The van der Waals surface area contributed by atoms with Gasteiger partial charge in [-0.25, -0.2) is 29.3 Å². The molecule has 0 fully saturated rings. The van der Waals surface area contributed by atoms with Crippen molar-refractivity contribution in [3.63, 3.8) is 0 Å². The van der Waals surface area contributed by atoms with Crippen molar-refractivity contribution >= 4 is 35.0 Å². The summed E-state index contributed by atoms with van der Waals surface area (Å²) in [5, 5.41) is 12.6. The molecule has 14 nitrogen and oxygen atoms in total. The number of nitrogens with zero attached hydrogens (tertiary/aromatic N) is 8. The molecule has 0 saturated heterocycles. The Hall–Kier alpha value is -5.96. The van der Waals surface area contributed by atoms with Crippen molar-refractivity contribution in [3.05, 3.63) is 142 Å². The van der Waals surface area contributed by atoms with Crippen LogP contribution in [0.25, 0.3) is 11.6 Å². The maximum Gasteiger partial charge on any atom is 0.471 e. The molecule has 0 unspecified atom stereocenters. The molecule has 0 bridgehead atoms. The van der Waals surface area contributed by atoms with Crippen molar-refractivity contribution in [2.45, 2.75) is 52.4 Å². The number of amides is 2. The molecule has 0 atom stereocenters. The number of halogens is 8. The van der Waals surface area contributed by atoms with Gasteiger partial charge in [-0.1, -0.05) is 47.5 Å². The minimum absolute atomic E-state index is 0.232. The minimum atomic E-state index is -4.88. The third kappa shape index (κ3) is 16.3. The summed E-state index contributed by atoms with van der Waals surface area (Å²) in [5.74, 6) is -2.58. The summed E-state index contributed by atoms with van der Waals surface area (Å²) >= 11 is 11.0. The van der Waals surface area contributed by atoms with Crippen molar-refractivity contribution in [2.75, 3.05) is 0 Å². The van der Waals surface area contributed by atoms with Crippen LogP contribution >= 0.6 is 23.2 Å². The lowest BCUT2D eigenvalue weighted by Crippen LogP contribution is -2.36. The van der Waals surface area contributed by atoms with E-state index < -0.39 is 24.2 Å². The molecule has 308 valence electrons. The Morgan fingerprint density at radius 3 is 1.19 bits per heavy atom. The van der Waals surface area contributed by atoms with E-state index in [2.05, 4.69) is 30.1 Å². The van der Waals surface area contributed by atoms with Crippen LogP contribution in [0.15, 0.2) is 97.8 Å². The fourth-order valence-electron chi connectivity index (χ4n) is 4.02. The third-order valence-electron chi connectivity index (χ3n) is 7.00. The number of pyridine rings is 4. The number of carbonyl (C=O) groups is 2. The molecule has 6 heterocycles. The first kappa shape index (κ1) is 46.4. The molecule has 2 amide bonds. The highest BCUT2D eigenvalue weighted by atomic mass is 35.5. The topological polar surface area (TPSA) is 197 Å². The van der Waals surface area contributed by atoms with Crippen LogP contribution in [-0.2, 0) is 35.8 Å². The van der Waals surface area contributed by atoms with Crippen LogP contribution in [0.2, 0.25) is 10.3 Å². The Morgan fingerprint density at radius 2 is 0.914 bits per heavy atom. The number of hydrogen-bond acceptors (Lipinski definition) is 10. The van der Waals surface area contributed by atoms with E-state index in [9.17, 15) is 35.9 Å². The zero-order valence-corrected chi connectivity index (χ0v) is 32.2. The molecule has 0 aliphatic heterocycles. The van der Waals surface area contributed by atoms with E-state index in [1.807, 2.05) is 44.3 Å². The van der Waals surface area contributed by atoms with Gasteiger partial charge in [-0.15, -0.1) is 0 Å². The van der Waals surface area contributed by atoms with Crippen molar-refractivity contribution in [2.24, 2.45) is 11.5 Å². The van der Waals surface area contributed by atoms with Gasteiger partial charge < -0.3 is 22.1 Å². The molecule has 22 heteroatoms. The van der Waals surface area contributed by atoms with Gasteiger partial charge in [0, 0.05) is 63.4 Å². The maximum absolute atomic E-state index is 12.0. The fraction of sp³-hybridized carbons (Fsp3) is 0.222. The van der Waals surface area contributed by atoms with Gasteiger partial charge in [0.2, 0.25) is 0 Å². The maximum atomic E-state index is 12.0. The molecule has 6 N–H and O–H groups in total. The highest BCUT2D eigenvalue weighted by molar-refractivity contribution is 6.29. The molecule has 0 aliphatic rings. The summed E-state index contributed by atoms with van der Waals surface area (Å²) in [5.41, 5.74) is 15.5. The standard InChI is InChI=1S/C12H11F3N4O.C10H12N4.C8H6ClF3N2O.C6H7ClN2/c1-8-4-5-19(18-8)10-3-2-9(6-16-10)7-17-11(20)12(13,14)15;1-8-4-5-14(13-8)10-3-2-9(6-11)7-12-10;9-6-2-1-5(3-13-6)4-14-7(15)8(10,11)12;7-6-2-1-5(3-8)4-9-6/h2-6H,7H2,1H3,(H,17,20);2-5,7H,6,11H2,1H3;1-3H,4H2,(H,14,15);1-2,4H,3,8H2. The Kier molecular flexibility index (Phi) is 17.7. The summed E-state index contributed by atoms with van der Waals surface area (Å²) in [6, 6.07) is 17.3. The van der Waals surface area contributed by atoms with Gasteiger partial charge in [0.05, 0.1) is 11.4 Å². The predicted molar refractivity (Wildman–Crippen MR) is 202 cm³/mol. The minimum Gasteiger partial charge on any atom is -0.344 e. The Balaban J connectivity index is 0.000000214. The number of nitrogens with two attached hydrogens (primary N) is 2. The van der Waals surface area contributed by atoms with Gasteiger partial charge in [-0.05, 0) is 72.5 Å². The quantitative estimate of drug-likeness (QED) is 0.106. The van der Waals surface area contributed by atoms with Crippen molar-refractivity contribution in [3.8, 4) is 11.6 Å². The smallest absolute Gasteiger partial charge is 0.344 e. The van der Waals surface area contributed by atoms with E-state index in [0.717, 1.165) is 28.3 Å². The zero-order valence-electron chi connectivity index (χ0n) is 30.6. The number of nitrogens with one attached hydrogen (secondary N) is 2. The number of rotatable bonds is 8. The Bertz CT molecular complexity index is 2160. The molecule has 6 aromatic heterocycles. The first-order valence-electron chi connectivity index (χ1n) is 16.6. The van der Waals surface area contributed by atoms with Gasteiger partial charge >= 0.3 is 24.2 Å². The van der Waals surface area contributed by atoms with Crippen LogP contribution < -0.4 is 22.1 Å². The van der Waals surface area contributed by atoms with Gasteiger partial charge in [0.15, 0.2) is 11.6 Å². The summed E-state index contributed by atoms with van der Waals surface area (Å²) in [6.07, 6.45) is -0.000959.